The van der Waals surface area contributed by atoms with Crippen molar-refractivity contribution < 1.29 is 14.6 Å². The third-order valence-corrected chi connectivity index (χ3v) is 5.11. The Hall–Kier alpha value is -1.00. The zero-order valence-corrected chi connectivity index (χ0v) is 13.3. The molecule has 110 valence electrons. The number of thioether (sulfide) groups is 1. The Morgan fingerprint density at radius 2 is 1.90 bits per heavy atom. The highest BCUT2D eigenvalue weighted by Gasteiger charge is 2.46. The topological polar surface area (TPSA) is 46.5 Å². The number of ether oxygens (including phenoxy) is 1. The first kappa shape index (κ1) is 15.4. The molecule has 1 saturated heterocycles. The van der Waals surface area contributed by atoms with E-state index in [-0.39, 0.29) is 17.6 Å². The number of benzene rings is 1. The second-order valence-corrected chi connectivity index (χ2v) is 7.77. The van der Waals surface area contributed by atoms with E-state index in [1.807, 2.05) is 36.0 Å². The van der Waals surface area contributed by atoms with Gasteiger partial charge in [-0.25, -0.2) is 0 Å². The van der Waals surface area contributed by atoms with E-state index in [1.165, 1.54) is 4.90 Å². The maximum Gasteiger partial charge on any atom is 0.307 e. The van der Waals surface area contributed by atoms with Gasteiger partial charge < -0.3 is 9.84 Å². The summed E-state index contributed by atoms with van der Waals surface area (Å²) in [5.41, 5.74) is 0.613. The second-order valence-electron chi connectivity index (χ2n) is 6.49. The molecule has 1 fully saturated rings. The number of hydrogen-bond acceptors (Lipinski definition) is 3. The predicted octanol–water partition coefficient (Wildman–Crippen LogP) is 3.75. The maximum atomic E-state index is 10.7. The molecular formula is C16H22O3S. The molecule has 0 amide bonds. The van der Waals surface area contributed by atoms with Crippen LogP contribution in [0.2, 0.25) is 0 Å². The van der Waals surface area contributed by atoms with E-state index in [9.17, 15) is 4.79 Å². The molecule has 1 unspecified atom stereocenters. The van der Waals surface area contributed by atoms with Gasteiger partial charge in [0, 0.05) is 10.1 Å². The number of hydrogen-bond donors (Lipinski definition) is 1. The van der Waals surface area contributed by atoms with Crippen molar-refractivity contribution in [2.24, 2.45) is 0 Å². The van der Waals surface area contributed by atoms with Crippen molar-refractivity contribution in [3.05, 3.63) is 29.8 Å². The quantitative estimate of drug-likeness (QED) is 0.918. The van der Waals surface area contributed by atoms with Gasteiger partial charge in [0.05, 0.1) is 17.6 Å². The van der Waals surface area contributed by atoms with Gasteiger partial charge >= 0.3 is 5.97 Å². The van der Waals surface area contributed by atoms with Crippen LogP contribution in [0.3, 0.4) is 0 Å². The van der Waals surface area contributed by atoms with Crippen LogP contribution in [0.25, 0.3) is 0 Å². The summed E-state index contributed by atoms with van der Waals surface area (Å²) in [7, 11) is 0. The molecule has 0 radical (unpaired) electrons. The van der Waals surface area contributed by atoms with E-state index in [1.54, 1.807) is 0 Å². The van der Waals surface area contributed by atoms with E-state index in [0.717, 1.165) is 12.0 Å². The summed E-state index contributed by atoms with van der Waals surface area (Å²) in [4.78, 5) is 11.8. The number of carboxylic acids is 1. The molecule has 1 aromatic rings. The van der Waals surface area contributed by atoms with Crippen LogP contribution in [-0.2, 0) is 16.0 Å². The first-order valence-corrected chi connectivity index (χ1v) is 7.73. The van der Waals surface area contributed by atoms with Crippen molar-refractivity contribution in [2.75, 3.05) is 0 Å². The van der Waals surface area contributed by atoms with Gasteiger partial charge in [-0.1, -0.05) is 12.1 Å². The molecule has 1 aromatic carbocycles. The normalized spacial score (nSPS) is 23.7. The molecule has 1 aliphatic rings. The fourth-order valence-corrected chi connectivity index (χ4v) is 4.16. The fraction of sp³-hybridized carbons (Fsp3) is 0.562. The van der Waals surface area contributed by atoms with E-state index >= 15 is 0 Å². The van der Waals surface area contributed by atoms with Crippen molar-refractivity contribution in [1.29, 1.82) is 0 Å². The second kappa shape index (κ2) is 5.41. The van der Waals surface area contributed by atoms with E-state index < -0.39 is 5.97 Å². The molecule has 0 spiro atoms. The molecule has 1 aliphatic heterocycles. The minimum Gasteiger partial charge on any atom is -0.481 e. The third kappa shape index (κ3) is 3.76. The lowest BCUT2D eigenvalue weighted by molar-refractivity contribution is -0.136. The summed E-state index contributed by atoms with van der Waals surface area (Å²) >= 11 is 1.82. The average molecular weight is 294 g/mol. The SMILES string of the molecule is CC1(C)CC(Sc2ccc(CC(=O)O)cc2)C(C)(C)O1. The van der Waals surface area contributed by atoms with Gasteiger partial charge in [0.15, 0.2) is 0 Å². The number of rotatable bonds is 4. The average Bonchev–Trinajstić information content (AvgIpc) is 2.48. The van der Waals surface area contributed by atoms with Gasteiger partial charge in [-0.2, -0.15) is 0 Å². The van der Waals surface area contributed by atoms with Crippen LogP contribution in [-0.4, -0.2) is 27.5 Å². The third-order valence-electron chi connectivity index (χ3n) is 3.55. The lowest BCUT2D eigenvalue weighted by Gasteiger charge is -2.27. The molecule has 4 heteroatoms. The number of aliphatic carboxylic acids is 1. The Balaban J connectivity index is 2.05. The standard InChI is InChI=1S/C16H22O3S/c1-15(2)10-13(16(3,4)19-15)20-12-7-5-11(6-8-12)9-14(17)18/h5-8,13H,9-10H2,1-4H3,(H,17,18). The van der Waals surface area contributed by atoms with Gasteiger partial charge in [-0.05, 0) is 51.8 Å². The fourth-order valence-electron chi connectivity index (χ4n) is 2.72. The van der Waals surface area contributed by atoms with Crippen molar-refractivity contribution in [1.82, 2.24) is 0 Å². The van der Waals surface area contributed by atoms with Crippen LogP contribution in [0.1, 0.15) is 39.7 Å². The summed E-state index contributed by atoms with van der Waals surface area (Å²) in [5, 5.41) is 9.18. The summed E-state index contributed by atoms with van der Waals surface area (Å²) in [6.07, 6.45) is 1.09. The molecule has 0 bridgehead atoms. The van der Waals surface area contributed by atoms with Gasteiger partial charge in [-0.15, -0.1) is 11.8 Å². The number of carboxylic acid groups (broad SMARTS) is 1. The molecule has 0 aromatic heterocycles. The first-order chi connectivity index (χ1) is 9.18. The number of carbonyl (C=O) groups is 1. The van der Waals surface area contributed by atoms with Crippen molar-refractivity contribution in [3.63, 3.8) is 0 Å². The molecule has 3 nitrogen and oxygen atoms in total. The summed E-state index contributed by atoms with van der Waals surface area (Å²) < 4.78 is 6.10. The minimum atomic E-state index is -0.794. The lowest BCUT2D eigenvalue weighted by atomic mass is 10.0. The van der Waals surface area contributed by atoms with Crippen LogP contribution >= 0.6 is 11.8 Å². The minimum absolute atomic E-state index is 0.0790. The van der Waals surface area contributed by atoms with Gasteiger partial charge in [0.1, 0.15) is 0 Å². The Morgan fingerprint density at radius 1 is 1.30 bits per heavy atom. The van der Waals surface area contributed by atoms with Crippen LogP contribution in [0.4, 0.5) is 0 Å². The lowest BCUT2D eigenvalue weighted by Crippen LogP contribution is -2.30. The van der Waals surface area contributed by atoms with Crippen LogP contribution in [0, 0.1) is 0 Å². The smallest absolute Gasteiger partial charge is 0.307 e. The zero-order valence-electron chi connectivity index (χ0n) is 12.5. The van der Waals surface area contributed by atoms with E-state index in [4.69, 9.17) is 9.84 Å². The highest BCUT2D eigenvalue weighted by Crippen LogP contribution is 2.45. The van der Waals surface area contributed by atoms with Gasteiger partial charge in [0.2, 0.25) is 0 Å². The van der Waals surface area contributed by atoms with Crippen LogP contribution in [0.15, 0.2) is 29.2 Å². The highest BCUT2D eigenvalue weighted by molar-refractivity contribution is 8.00. The Labute approximate surface area is 124 Å². The molecule has 2 rings (SSSR count). The largest absolute Gasteiger partial charge is 0.481 e. The molecule has 1 N–H and O–H groups in total. The van der Waals surface area contributed by atoms with Gasteiger partial charge in [-0.3, -0.25) is 4.79 Å². The molecule has 0 saturated carbocycles. The molecule has 1 heterocycles. The predicted molar refractivity (Wildman–Crippen MR) is 81.3 cm³/mol. The summed E-state index contributed by atoms with van der Waals surface area (Å²) in [5.74, 6) is -0.794. The summed E-state index contributed by atoms with van der Waals surface area (Å²) in [6.45, 7) is 8.53. The van der Waals surface area contributed by atoms with E-state index in [2.05, 4.69) is 27.7 Å². The van der Waals surface area contributed by atoms with Crippen molar-refractivity contribution in [2.45, 2.75) is 61.9 Å². The molecular weight excluding hydrogens is 272 g/mol. The molecule has 1 atom stereocenters. The summed E-state index contributed by atoms with van der Waals surface area (Å²) in [6, 6.07) is 7.80. The Kier molecular flexibility index (Phi) is 4.17. The van der Waals surface area contributed by atoms with Crippen molar-refractivity contribution in [3.8, 4) is 0 Å². The maximum absolute atomic E-state index is 10.7. The van der Waals surface area contributed by atoms with Gasteiger partial charge in [0.25, 0.3) is 0 Å². The zero-order chi connectivity index (χ0) is 15.0. The highest BCUT2D eigenvalue weighted by atomic mass is 32.2. The molecule has 20 heavy (non-hydrogen) atoms. The monoisotopic (exact) mass is 294 g/mol. The first-order valence-electron chi connectivity index (χ1n) is 6.85. The van der Waals surface area contributed by atoms with E-state index in [0.29, 0.717) is 5.25 Å². The molecule has 0 aliphatic carbocycles. The van der Waals surface area contributed by atoms with Crippen molar-refractivity contribution >= 4 is 17.7 Å². The van der Waals surface area contributed by atoms with Crippen LogP contribution < -0.4 is 0 Å². The Morgan fingerprint density at radius 3 is 2.35 bits per heavy atom. The van der Waals surface area contributed by atoms with Crippen LogP contribution in [0.5, 0.6) is 0 Å². The Bertz CT molecular complexity index is 491.